The standard InChI is InChI=1S/C5H7ClN2/c1-5-3-2-4-7-8(5)6/h3-4H,2H2,1H3. The van der Waals surface area contributed by atoms with Gasteiger partial charge >= 0.3 is 0 Å². The maximum absolute atomic E-state index is 5.53. The van der Waals surface area contributed by atoms with E-state index in [-0.39, 0.29) is 0 Å². The van der Waals surface area contributed by atoms with Gasteiger partial charge in [-0.3, -0.25) is 0 Å². The van der Waals surface area contributed by atoms with Gasteiger partial charge in [0.05, 0.1) is 0 Å². The van der Waals surface area contributed by atoms with Crippen molar-refractivity contribution in [2.75, 3.05) is 0 Å². The normalized spacial score (nSPS) is 18.8. The van der Waals surface area contributed by atoms with Crippen molar-refractivity contribution in [3.63, 3.8) is 0 Å². The number of rotatable bonds is 0. The van der Waals surface area contributed by atoms with E-state index in [1.54, 1.807) is 6.21 Å². The van der Waals surface area contributed by atoms with Gasteiger partial charge in [0, 0.05) is 30.1 Å². The molecule has 0 bridgehead atoms. The summed E-state index contributed by atoms with van der Waals surface area (Å²) in [4.78, 5) is 0. The van der Waals surface area contributed by atoms with E-state index in [9.17, 15) is 0 Å². The maximum atomic E-state index is 5.53. The van der Waals surface area contributed by atoms with Gasteiger partial charge in [0.2, 0.25) is 0 Å². The van der Waals surface area contributed by atoms with Gasteiger partial charge in [0.1, 0.15) is 0 Å². The summed E-state index contributed by atoms with van der Waals surface area (Å²) in [6, 6.07) is 0. The first kappa shape index (κ1) is 5.63. The fraction of sp³-hybridized carbons (Fsp3) is 0.400. The molecular weight excluding hydrogens is 124 g/mol. The van der Waals surface area contributed by atoms with Crippen LogP contribution < -0.4 is 0 Å². The fourth-order valence-corrected chi connectivity index (χ4v) is 0.639. The lowest BCUT2D eigenvalue weighted by Gasteiger charge is -2.11. The zero-order chi connectivity index (χ0) is 5.98. The Morgan fingerprint density at radius 2 is 2.62 bits per heavy atom. The fourth-order valence-electron chi connectivity index (χ4n) is 0.508. The SMILES string of the molecule is CC1=CCC=NN1Cl. The first-order valence-corrected chi connectivity index (χ1v) is 2.79. The summed E-state index contributed by atoms with van der Waals surface area (Å²) in [6.45, 7) is 1.92. The average Bonchev–Trinajstić information content (AvgIpc) is 1.77. The molecule has 3 heteroatoms. The van der Waals surface area contributed by atoms with Crippen LogP contribution in [0.25, 0.3) is 0 Å². The lowest BCUT2D eigenvalue weighted by molar-refractivity contribution is 0.591. The van der Waals surface area contributed by atoms with Crippen LogP contribution in [0.3, 0.4) is 0 Å². The minimum Gasteiger partial charge on any atom is -0.178 e. The summed E-state index contributed by atoms with van der Waals surface area (Å²) in [5.41, 5.74) is 0.995. The van der Waals surface area contributed by atoms with E-state index in [1.165, 1.54) is 4.53 Å². The molecule has 44 valence electrons. The van der Waals surface area contributed by atoms with Gasteiger partial charge in [-0.1, -0.05) is 6.08 Å². The van der Waals surface area contributed by atoms with Crippen LogP contribution in [0.15, 0.2) is 16.9 Å². The predicted molar refractivity (Wildman–Crippen MR) is 34.6 cm³/mol. The molecule has 0 saturated carbocycles. The first-order valence-electron chi connectivity index (χ1n) is 2.46. The Bertz CT molecular complexity index is 139. The lowest BCUT2D eigenvalue weighted by atomic mass is 10.3. The highest BCUT2D eigenvalue weighted by Crippen LogP contribution is 2.10. The summed E-state index contributed by atoms with van der Waals surface area (Å²) in [7, 11) is 0. The van der Waals surface area contributed by atoms with Crippen LogP contribution in [0.4, 0.5) is 0 Å². The van der Waals surface area contributed by atoms with Gasteiger partial charge in [0.15, 0.2) is 0 Å². The van der Waals surface area contributed by atoms with E-state index in [0.29, 0.717) is 0 Å². The van der Waals surface area contributed by atoms with Crippen LogP contribution >= 0.6 is 11.8 Å². The van der Waals surface area contributed by atoms with Crippen LogP contribution in [0.2, 0.25) is 0 Å². The highest BCUT2D eigenvalue weighted by atomic mass is 35.5. The molecule has 0 aromatic heterocycles. The van der Waals surface area contributed by atoms with E-state index < -0.39 is 0 Å². The Kier molecular flexibility index (Phi) is 1.53. The molecular formula is C5H7ClN2. The van der Waals surface area contributed by atoms with Gasteiger partial charge in [-0.05, 0) is 6.92 Å². The molecule has 1 rings (SSSR count). The first-order chi connectivity index (χ1) is 3.80. The molecule has 0 fully saturated rings. The van der Waals surface area contributed by atoms with Gasteiger partial charge in [-0.15, -0.1) is 0 Å². The molecule has 0 radical (unpaired) electrons. The molecule has 1 heterocycles. The molecule has 0 spiro atoms. The van der Waals surface area contributed by atoms with Crippen molar-refractivity contribution in [3.8, 4) is 0 Å². The highest BCUT2D eigenvalue weighted by molar-refractivity contribution is 6.14. The Labute approximate surface area is 53.5 Å². The van der Waals surface area contributed by atoms with E-state index >= 15 is 0 Å². The van der Waals surface area contributed by atoms with Crippen molar-refractivity contribution in [3.05, 3.63) is 11.8 Å². The van der Waals surface area contributed by atoms with Gasteiger partial charge in [0.25, 0.3) is 0 Å². The summed E-state index contributed by atoms with van der Waals surface area (Å²) in [5.74, 6) is 0. The Morgan fingerprint density at radius 1 is 1.88 bits per heavy atom. The van der Waals surface area contributed by atoms with Gasteiger partial charge in [-0.2, -0.15) is 9.63 Å². The molecule has 1 aliphatic rings. The lowest BCUT2D eigenvalue weighted by Crippen LogP contribution is -2.04. The van der Waals surface area contributed by atoms with Crippen molar-refractivity contribution in [2.45, 2.75) is 13.3 Å². The third-order valence-electron chi connectivity index (χ3n) is 0.993. The number of hydrazone groups is 1. The molecule has 0 aromatic carbocycles. The molecule has 2 nitrogen and oxygen atoms in total. The average molecular weight is 131 g/mol. The van der Waals surface area contributed by atoms with E-state index in [4.69, 9.17) is 11.8 Å². The molecule has 0 aromatic rings. The van der Waals surface area contributed by atoms with Crippen LogP contribution in [0.1, 0.15) is 13.3 Å². The number of hydrogen-bond donors (Lipinski definition) is 0. The zero-order valence-electron chi connectivity index (χ0n) is 4.63. The number of allylic oxidation sites excluding steroid dienone is 2. The molecule has 8 heavy (non-hydrogen) atoms. The van der Waals surface area contributed by atoms with Crippen molar-refractivity contribution >= 4 is 18.0 Å². The second-order valence-electron chi connectivity index (χ2n) is 1.64. The van der Waals surface area contributed by atoms with Crippen LogP contribution in [-0.2, 0) is 0 Å². The van der Waals surface area contributed by atoms with Crippen molar-refractivity contribution < 1.29 is 0 Å². The summed E-state index contributed by atoms with van der Waals surface area (Å²) < 4.78 is 1.34. The molecule has 1 aliphatic heterocycles. The minimum atomic E-state index is 0.898. The second-order valence-corrected chi connectivity index (χ2v) is 1.96. The summed E-state index contributed by atoms with van der Waals surface area (Å²) in [6.07, 6.45) is 4.68. The van der Waals surface area contributed by atoms with Crippen LogP contribution in [0.5, 0.6) is 0 Å². The van der Waals surface area contributed by atoms with Gasteiger partial charge in [-0.25, -0.2) is 0 Å². The van der Waals surface area contributed by atoms with Crippen molar-refractivity contribution in [1.29, 1.82) is 0 Å². The topological polar surface area (TPSA) is 15.6 Å². The number of hydrogen-bond acceptors (Lipinski definition) is 2. The quantitative estimate of drug-likeness (QED) is 0.456. The monoisotopic (exact) mass is 130 g/mol. The molecule has 0 N–H and O–H groups in total. The largest absolute Gasteiger partial charge is 0.178 e. The molecule has 0 unspecified atom stereocenters. The minimum absolute atomic E-state index is 0.898. The highest BCUT2D eigenvalue weighted by Gasteiger charge is 1.99. The molecule has 0 amide bonds. The van der Waals surface area contributed by atoms with Crippen molar-refractivity contribution in [1.82, 2.24) is 4.53 Å². The second kappa shape index (κ2) is 2.18. The van der Waals surface area contributed by atoms with Crippen molar-refractivity contribution in [2.24, 2.45) is 5.10 Å². The Balaban J connectivity index is 2.63. The third kappa shape index (κ3) is 1.01. The van der Waals surface area contributed by atoms with E-state index in [1.807, 2.05) is 13.0 Å². The zero-order valence-corrected chi connectivity index (χ0v) is 5.39. The Hall–Kier alpha value is -0.500. The Morgan fingerprint density at radius 3 is 3.00 bits per heavy atom. The van der Waals surface area contributed by atoms with Crippen LogP contribution in [0, 0.1) is 0 Å². The smallest absolute Gasteiger partial charge is 0.0489 e. The third-order valence-corrected chi connectivity index (χ3v) is 1.35. The molecule has 0 aliphatic carbocycles. The van der Waals surface area contributed by atoms with Gasteiger partial charge < -0.3 is 0 Å². The van der Waals surface area contributed by atoms with Crippen LogP contribution in [-0.4, -0.2) is 10.7 Å². The molecule has 0 atom stereocenters. The predicted octanol–water partition coefficient (Wildman–Crippen LogP) is 1.74. The number of halogens is 1. The van der Waals surface area contributed by atoms with E-state index in [0.717, 1.165) is 12.1 Å². The number of nitrogens with zero attached hydrogens (tertiary/aromatic N) is 2. The maximum Gasteiger partial charge on any atom is 0.0489 e. The molecule has 0 saturated heterocycles. The summed E-state index contributed by atoms with van der Waals surface area (Å²) in [5, 5.41) is 3.82. The van der Waals surface area contributed by atoms with E-state index in [2.05, 4.69) is 5.10 Å². The summed E-state index contributed by atoms with van der Waals surface area (Å²) >= 11 is 5.53.